The van der Waals surface area contributed by atoms with E-state index in [0.717, 1.165) is 18.4 Å². The topological polar surface area (TPSA) is 29.3 Å². The molecule has 0 radical (unpaired) electrons. The van der Waals surface area contributed by atoms with Crippen LogP contribution >= 0.6 is 0 Å². The van der Waals surface area contributed by atoms with Crippen LogP contribution in [0.1, 0.15) is 36.0 Å². The normalized spacial score (nSPS) is 31.4. The first-order valence-corrected chi connectivity index (χ1v) is 7.68. The van der Waals surface area contributed by atoms with E-state index in [2.05, 4.69) is 36.9 Å². The SMILES string of the molecule is Cc1cccc(CN2CC3CCCC(N)C3C2)c1C. The fraction of sp³-hybridized carbons (Fsp3) is 0.647. The van der Waals surface area contributed by atoms with Crippen molar-refractivity contribution in [2.75, 3.05) is 13.1 Å². The molecule has 1 saturated carbocycles. The van der Waals surface area contributed by atoms with E-state index in [1.54, 1.807) is 0 Å². The predicted molar refractivity (Wildman–Crippen MR) is 80.0 cm³/mol. The van der Waals surface area contributed by atoms with E-state index in [-0.39, 0.29) is 0 Å². The van der Waals surface area contributed by atoms with E-state index in [1.807, 2.05) is 0 Å². The van der Waals surface area contributed by atoms with Gasteiger partial charge in [0.25, 0.3) is 0 Å². The maximum atomic E-state index is 6.30. The fourth-order valence-corrected chi connectivity index (χ4v) is 3.96. The summed E-state index contributed by atoms with van der Waals surface area (Å²) in [5.74, 6) is 1.60. The molecule has 2 heteroatoms. The first-order chi connectivity index (χ1) is 9.15. The minimum absolute atomic E-state index is 0.447. The molecule has 1 heterocycles. The Morgan fingerprint density at radius 3 is 2.84 bits per heavy atom. The van der Waals surface area contributed by atoms with Crippen molar-refractivity contribution in [3.8, 4) is 0 Å². The summed E-state index contributed by atoms with van der Waals surface area (Å²) in [5, 5.41) is 0. The Balaban J connectivity index is 1.70. The summed E-state index contributed by atoms with van der Waals surface area (Å²) in [6.07, 6.45) is 3.96. The summed E-state index contributed by atoms with van der Waals surface area (Å²) in [6, 6.07) is 7.12. The Morgan fingerprint density at radius 1 is 1.21 bits per heavy atom. The van der Waals surface area contributed by atoms with Crippen molar-refractivity contribution in [2.24, 2.45) is 17.6 Å². The van der Waals surface area contributed by atoms with Crippen molar-refractivity contribution in [3.05, 3.63) is 34.9 Å². The third kappa shape index (κ3) is 2.56. The standard InChI is InChI=1S/C17H26N2/c1-12-5-3-6-14(13(12)2)9-19-10-15-7-4-8-17(18)16(15)11-19/h3,5-6,15-17H,4,7-11,18H2,1-2H3. The minimum Gasteiger partial charge on any atom is -0.327 e. The molecule has 3 rings (SSSR count). The number of aryl methyl sites for hydroxylation is 1. The Bertz CT molecular complexity index is 455. The highest BCUT2D eigenvalue weighted by molar-refractivity contribution is 5.33. The van der Waals surface area contributed by atoms with Gasteiger partial charge >= 0.3 is 0 Å². The lowest BCUT2D eigenvalue weighted by Gasteiger charge is -2.29. The van der Waals surface area contributed by atoms with Crippen LogP contribution in [0.4, 0.5) is 0 Å². The molecule has 1 aromatic carbocycles. The van der Waals surface area contributed by atoms with Gasteiger partial charge in [0.1, 0.15) is 0 Å². The van der Waals surface area contributed by atoms with Crippen LogP contribution in [0.3, 0.4) is 0 Å². The van der Waals surface area contributed by atoms with Crippen molar-refractivity contribution < 1.29 is 0 Å². The molecule has 3 unspecified atom stereocenters. The maximum absolute atomic E-state index is 6.30. The third-order valence-electron chi connectivity index (χ3n) is 5.34. The summed E-state index contributed by atoms with van der Waals surface area (Å²) in [5.41, 5.74) is 10.7. The zero-order valence-electron chi connectivity index (χ0n) is 12.2. The number of nitrogens with zero attached hydrogens (tertiary/aromatic N) is 1. The molecular formula is C17H26N2. The number of likely N-dealkylation sites (tertiary alicyclic amines) is 1. The smallest absolute Gasteiger partial charge is 0.0236 e. The van der Waals surface area contributed by atoms with Gasteiger partial charge in [-0.1, -0.05) is 24.6 Å². The van der Waals surface area contributed by atoms with E-state index in [9.17, 15) is 0 Å². The molecule has 1 saturated heterocycles. The second-order valence-corrected chi connectivity index (χ2v) is 6.57. The lowest BCUT2D eigenvalue weighted by atomic mass is 9.78. The highest BCUT2D eigenvalue weighted by Gasteiger charge is 2.38. The van der Waals surface area contributed by atoms with Gasteiger partial charge in [-0.2, -0.15) is 0 Å². The summed E-state index contributed by atoms with van der Waals surface area (Å²) in [7, 11) is 0. The average Bonchev–Trinajstić information content (AvgIpc) is 2.79. The maximum Gasteiger partial charge on any atom is 0.0236 e. The van der Waals surface area contributed by atoms with Gasteiger partial charge in [-0.25, -0.2) is 0 Å². The van der Waals surface area contributed by atoms with Gasteiger partial charge in [-0.05, 0) is 55.2 Å². The molecule has 19 heavy (non-hydrogen) atoms. The van der Waals surface area contributed by atoms with Gasteiger partial charge in [0.15, 0.2) is 0 Å². The van der Waals surface area contributed by atoms with Gasteiger partial charge in [0.2, 0.25) is 0 Å². The van der Waals surface area contributed by atoms with Crippen molar-refractivity contribution >= 4 is 0 Å². The summed E-state index contributed by atoms with van der Waals surface area (Å²) < 4.78 is 0. The van der Waals surface area contributed by atoms with Crippen LogP contribution in [0.2, 0.25) is 0 Å². The van der Waals surface area contributed by atoms with Gasteiger partial charge < -0.3 is 5.73 Å². The van der Waals surface area contributed by atoms with Crippen molar-refractivity contribution in [3.63, 3.8) is 0 Å². The highest BCUT2D eigenvalue weighted by atomic mass is 15.2. The predicted octanol–water partition coefficient (Wildman–Crippen LogP) is 2.86. The zero-order chi connectivity index (χ0) is 13.4. The van der Waals surface area contributed by atoms with Crippen LogP contribution in [0.25, 0.3) is 0 Å². The van der Waals surface area contributed by atoms with E-state index in [4.69, 9.17) is 5.73 Å². The van der Waals surface area contributed by atoms with E-state index >= 15 is 0 Å². The third-order valence-corrected chi connectivity index (χ3v) is 5.34. The van der Waals surface area contributed by atoms with Crippen LogP contribution < -0.4 is 5.73 Å². The Morgan fingerprint density at radius 2 is 2.05 bits per heavy atom. The van der Waals surface area contributed by atoms with Crippen LogP contribution in [-0.4, -0.2) is 24.0 Å². The highest BCUT2D eigenvalue weighted by Crippen LogP contribution is 2.36. The van der Waals surface area contributed by atoms with Gasteiger partial charge in [0.05, 0.1) is 0 Å². The molecule has 1 aliphatic carbocycles. The summed E-state index contributed by atoms with van der Waals surface area (Å²) in [6.45, 7) is 8.02. The number of hydrogen-bond acceptors (Lipinski definition) is 2. The number of nitrogens with two attached hydrogens (primary N) is 1. The molecule has 2 fully saturated rings. The quantitative estimate of drug-likeness (QED) is 0.884. The van der Waals surface area contributed by atoms with Crippen LogP contribution in [-0.2, 0) is 6.54 Å². The molecule has 1 aliphatic heterocycles. The van der Waals surface area contributed by atoms with Gasteiger partial charge in [-0.15, -0.1) is 0 Å². The van der Waals surface area contributed by atoms with Crippen LogP contribution in [0.15, 0.2) is 18.2 Å². The molecule has 2 nitrogen and oxygen atoms in total. The van der Waals surface area contributed by atoms with Crippen molar-refractivity contribution in [1.82, 2.24) is 4.90 Å². The molecule has 2 aliphatic rings. The molecule has 104 valence electrons. The Hall–Kier alpha value is -0.860. The number of fused-ring (bicyclic) bond motifs is 1. The summed E-state index contributed by atoms with van der Waals surface area (Å²) >= 11 is 0. The summed E-state index contributed by atoms with van der Waals surface area (Å²) in [4.78, 5) is 2.63. The molecule has 1 aromatic rings. The fourth-order valence-electron chi connectivity index (χ4n) is 3.96. The molecule has 2 N–H and O–H groups in total. The van der Waals surface area contributed by atoms with Crippen molar-refractivity contribution in [2.45, 2.75) is 45.7 Å². The molecule has 0 amide bonds. The lowest BCUT2D eigenvalue weighted by molar-refractivity contribution is 0.259. The largest absolute Gasteiger partial charge is 0.327 e. The average molecular weight is 258 g/mol. The second kappa shape index (κ2) is 5.26. The number of hydrogen-bond donors (Lipinski definition) is 1. The second-order valence-electron chi connectivity index (χ2n) is 6.57. The first kappa shape index (κ1) is 13.1. The van der Waals surface area contributed by atoms with E-state index in [1.165, 1.54) is 49.0 Å². The molecule has 0 aromatic heterocycles. The molecule has 0 spiro atoms. The van der Waals surface area contributed by atoms with E-state index in [0.29, 0.717) is 6.04 Å². The molecular weight excluding hydrogens is 232 g/mol. The minimum atomic E-state index is 0.447. The zero-order valence-corrected chi connectivity index (χ0v) is 12.2. The molecule has 0 bridgehead atoms. The first-order valence-electron chi connectivity index (χ1n) is 7.68. The molecule has 3 atom stereocenters. The van der Waals surface area contributed by atoms with Gasteiger partial charge in [0, 0.05) is 25.7 Å². The Kier molecular flexibility index (Phi) is 3.64. The van der Waals surface area contributed by atoms with Gasteiger partial charge in [-0.3, -0.25) is 4.90 Å². The van der Waals surface area contributed by atoms with Crippen molar-refractivity contribution in [1.29, 1.82) is 0 Å². The number of benzene rings is 1. The Labute approximate surface area is 117 Å². The van der Waals surface area contributed by atoms with Crippen LogP contribution in [0, 0.1) is 25.7 Å². The van der Waals surface area contributed by atoms with E-state index < -0.39 is 0 Å². The monoisotopic (exact) mass is 258 g/mol. The number of rotatable bonds is 2. The van der Waals surface area contributed by atoms with Crippen LogP contribution in [0.5, 0.6) is 0 Å². The lowest BCUT2D eigenvalue weighted by Crippen LogP contribution is -2.38.